The summed E-state index contributed by atoms with van der Waals surface area (Å²) in [7, 11) is 0. The van der Waals surface area contributed by atoms with Gasteiger partial charge in [-0.3, -0.25) is 9.69 Å². The standard InChI is InChI=1S/C30H46N2O2/c33-29-12-6-11-25(21-29)26-19-27-14-15-28(20-26)32(27)18-17-31(22-24-9-2-1-3-10-24)30(34)16-13-23-7-4-5-8-23/h6,11-12,21,23-24,26-28,33H,1-5,7-10,13-20,22H2. The zero-order valence-corrected chi connectivity index (χ0v) is 21.2. The topological polar surface area (TPSA) is 43.8 Å². The number of carbonyl (C=O) groups is 1. The van der Waals surface area contributed by atoms with Crippen molar-refractivity contribution in [3.63, 3.8) is 0 Å². The third-order valence-electron chi connectivity index (χ3n) is 9.65. The minimum Gasteiger partial charge on any atom is -0.508 e. The number of rotatable bonds is 9. The maximum atomic E-state index is 13.4. The van der Waals surface area contributed by atoms with Gasteiger partial charge in [0.2, 0.25) is 5.91 Å². The van der Waals surface area contributed by atoms with E-state index >= 15 is 0 Å². The van der Waals surface area contributed by atoms with Gasteiger partial charge in [-0.05, 0) is 80.4 Å². The van der Waals surface area contributed by atoms with E-state index in [1.54, 1.807) is 6.07 Å². The summed E-state index contributed by atoms with van der Waals surface area (Å²) in [4.78, 5) is 18.4. The first kappa shape index (κ1) is 24.2. The Morgan fingerprint density at radius 3 is 2.29 bits per heavy atom. The molecule has 34 heavy (non-hydrogen) atoms. The van der Waals surface area contributed by atoms with Crippen molar-refractivity contribution in [1.29, 1.82) is 0 Å². The lowest BCUT2D eigenvalue weighted by molar-refractivity contribution is -0.132. The third kappa shape index (κ3) is 5.98. The predicted octanol–water partition coefficient (Wildman–Crippen LogP) is 6.48. The smallest absolute Gasteiger partial charge is 0.222 e. The van der Waals surface area contributed by atoms with Crippen molar-refractivity contribution in [1.82, 2.24) is 9.80 Å². The monoisotopic (exact) mass is 466 g/mol. The van der Waals surface area contributed by atoms with Crippen LogP contribution in [-0.4, -0.2) is 52.5 Å². The summed E-state index contributed by atoms with van der Waals surface area (Å²) in [5, 5.41) is 9.94. The quantitative estimate of drug-likeness (QED) is 0.453. The zero-order valence-electron chi connectivity index (χ0n) is 21.2. The number of carbonyl (C=O) groups excluding carboxylic acids is 1. The van der Waals surface area contributed by atoms with Crippen LogP contribution in [0.15, 0.2) is 24.3 Å². The van der Waals surface area contributed by atoms with Crippen molar-refractivity contribution < 1.29 is 9.90 Å². The number of amides is 1. The normalized spacial score (nSPS) is 28.4. The van der Waals surface area contributed by atoms with Crippen LogP contribution >= 0.6 is 0 Å². The lowest BCUT2D eigenvalue weighted by Gasteiger charge is -2.40. The summed E-state index contributed by atoms with van der Waals surface area (Å²) >= 11 is 0. The summed E-state index contributed by atoms with van der Waals surface area (Å²) in [5.74, 6) is 2.90. The molecule has 2 aliphatic carbocycles. The minimum atomic E-state index is 0.391. The maximum absolute atomic E-state index is 13.4. The van der Waals surface area contributed by atoms with Crippen LogP contribution in [0.1, 0.15) is 108 Å². The van der Waals surface area contributed by atoms with Gasteiger partial charge in [-0.2, -0.15) is 0 Å². The highest BCUT2D eigenvalue weighted by Gasteiger charge is 2.41. The Morgan fingerprint density at radius 1 is 0.912 bits per heavy atom. The largest absolute Gasteiger partial charge is 0.508 e. The molecule has 4 heteroatoms. The number of piperidine rings is 1. The van der Waals surface area contributed by atoms with Crippen LogP contribution in [0.2, 0.25) is 0 Å². The van der Waals surface area contributed by atoms with Crippen molar-refractivity contribution in [2.45, 2.75) is 114 Å². The molecule has 2 bridgehead atoms. The molecule has 0 radical (unpaired) electrons. The molecule has 5 rings (SSSR count). The number of fused-ring (bicyclic) bond motifs is 2. The molecule has 4 fully saturated rings. The van der Waals surface area contributed by atoms with Crippen LogP contribution < -0.4 is 0 Å². The second kappa shape index (κ2) is 11.5. The summed E-state index contributed by atoms with van der Waals surface area (Å²) in [6, 6.07) is 9.19. The van der Waals surface area contributed by atoms with Crippen LogP contribution in [0.25, 0.3) is 0 Å². The Kier molecular flexibility index (Phi) is 8.14. The highest BCUT2D eigenvalue weighted by Crippen LogP contribution is 2.43. The number of hydrogen-bond acceptors (Lipinski definition) is 3. The molecule has 2 heterocycles. The number of benzene rings is 1. The average Bonchev–Trinajstić information content (AvgIpc) is 3.45. The SMILES string of the molecule is O=C(CCC1CCCC1)N(CCN1C2CCC1CC(c1cccc(O)c1)C2)CC1CCCCC1. The molecule has 2 saturated heterocycles. The van der Waals surface area contributed by atoms with Gasteiger partial charge in [-0.25, -0.2) is 0 Å². The average molecular weight is 467 g/mol. The van der Waals surface area contributed by atoms with Gasteiger partial charge in [0.25, 0.3) is 0 Å². The second-order valence-electron chi connectivity index (χ2n) is 11.9. The molecule has 1 N–H and O–H groups in total. The van der Waals surface area contributed by atoms with Gasteiger partial charge in [-0.15, -0.1) is 0 Å². The lowest BCUT2D eigenvalue weighted by atomic mass is 9.85. The Hall–Kier alpha value is -1.55. The predicted molar refractivity (Wildman–Crippen MR) is 138 cm³/mol. The second-order valence-corrected chi connectivity index (χ2v) is 11.9. The zero-order chi connectivity index (χ0) is 23.3. The maximum Gasteiger partial charge on any atom is 0.222 e. The van der Waals surface area contributed by atoms with Crippen LogP contribution in [0, 0.1) is 11.8 Å². The van der Waals surface area contributed by atoms with Gasteiger partial charge in [-0.1, -0.05) is 57.1 Å². The van der Waals surface area contributed by atoms with E-state index < -0.39 is 0 Å². The molecule has 4 nitrogen and oxygen atoms in total. The van der Waals surface area contributed by atoms with E-state index in [-0.39, 0.29) is 0 Å². The van der Waals surface area contributed by atoms with E-state index in [0.29, 0.717) is 29.7 Å². The van der Waals surface area contributed by atoms with Crippen LogP contribution in [0.5, 0.6) is 5.75 Å². The number of phenolic OH excluding ortho intramolecular Hbond substituents is 1. The molecule has 0 spiro atoms. The van der Waals surface area contributed by atoms with Gasteiger partial charge in [0.15, 0.2) is 0 Å². The van der Waals surface area contributed by atoms with Crippen molar-refractivity contribution in [3.8, 4) is 5.75 Å². The third-order valence-corrected chi connectivity index (χ3v) is 9.65. The van der Waals surface area contributed by atoms with Gasteiger partial charge in [0.05, 0.1) is 0 Å². The van der Waals surface area contributed by atoms with Crippen LogP contribution in [-0.2, 0) is 4.79 Å². The summed E-state index contributed by atoms with van der Waals surface area (Å²) < 4.78 is 0. The molecule has 0 aromatic heterocycles. The Labute approximate surface area is 207 Å². The fraction of sp³-hybridized carbons (Fsp3) is 0.767. The van der Waals surface area contributed by atoms with Gasteiger partial charge in [0, 0.05) is 38.1 Å². The van der Waals surface area contributed by atoms with Crippen molar-refractivity contribution in [2.75, 3.05) is 19.6 Å². The van der Waals surface area contributed by atoms with Gasteiger partial charge >= 0.3 is 0 Å². The molecule has 2 atom stereocenters. The van der Waals surface area contributed by atoms with Crippen LogP contribution in [0.4, 0.5) is 0 Å². The molecule has 1 amide bonds. The molecule has 188 valence electrons. The fourth-order valence-electron chi connectivity index (χ4n) is 7.71. The number of phenols is 1. The highest BCUT2D eigenvalue weighted by atomic mass is 16.3. The first-order chi connectivity index (χ1) is 16.7. The molecule has 2 saturated carbocycles. The van der Waals surface area contributed by atoms with Gasteiger partial charge < -0.3 is 10.0 Å². The lowest BCUT2D eigenvalue weighted by Crippen LogP contribution is -2.47. The van der Waals surface area contributed by atoms with E-state index in [2.05, 4.69) is 15.9 Å². The van der Waals surface area contributed by atoms with Crippen molar-refractivity contribution in [2.24, 2.45) is 11.8 Å². The first-order valence-electron chi connectivity index (χ1n) is 14.5. The molecule has 2 unspecified atom stereocenters. The Morgan fingerprint density at radius 2 is 1.59 bits per heavy atom. The summed E-state index contributed by atoms with van der Waals surface area (Å²) in [6.07, 6.45) is 19.0. The molecule has 1 aromatic carbocycles. The number of aromatic hydroxyl groups is 1. The van der Waals surface area contributed by atoms with Crippen molar-refractivity contribution in [3.05, 3.63) is 29.8 Å². The summed E-state index contributed by atoms with van der Waals surface area (Å²) in [6.45, 7) is 2.96. The Balaban J connectivity index is 1.18. The highest BCUT2D eigenvalue weighted by molar-refractivity contribution is 5.76. The van der Waals surface area contributed by atoms with Gasteiger partial charge in [0.1, 0.15) is 5.75 Å². The fourth-order valence-corrected chi connectivity index (χ4v) is 7.71. The number of hydrogen-bond donors (Lipinski definition) is 1. The Bertz CT molecular complexity index is 785. The van der Waals surface area contributed by atoms with E-state index in [1.807, 2.05) is 12.1 Å². The molecule has 2 aliphatic heterocycles. The van der Waals surface area contributed by atoms with Crippen LogP contribution in [0.3, 0.4) is 0 Å². The van der Waals surface area contributed by atoms with E-state index in [9.17, 15) is 9.90 Å². The summed E-state index contributed by atoms with van der Waals surface area (Å²) in [5.41, 5.74) is 1.30. The van der Waals surface area contributed by atoms with Crippen molar-refractivity contribution >= 4 is 5.91 Å². The molecular weight excluding hydrogens is 420 g/mol. The molecular formula is C30H46N2O2. The van der Waals surface area contributed by atoms with E-state index in [0.717, 1.165) is 44.3 Å². The minimum absolute atomic E-state index is 0.391. The van der Waals surface area contributed by atoms with E-state index in [4.69, 9.17) is 0 Å². The first-order valence-corrected chi connectivity index (χ1v) is 14.5. The van der Waals surface area contributed by atoms with E-state index in [1.165, 1.54) is 89.0 Å². The molecule has 1 aromatic rings. The number of nitrogens with zero attached hydrogens (tertiary/aromatic N) is 2. The molecule has 4 aliphatic rings.